The number of aromatic nitrogens is 4. The van der Waals surface area contributed by atoms with Gasteiger partial charge in [0.15, 0.2) is 11.5 Å². The third-order valence-electron chi connectivity index (χ3n) is 6.17. The number of esters is 2. The van der Waals surface area contributed by atoms with Crippen LogP contribution in [0.3, 0.4) is 0 Å². The van der Waals surface area contributed by atoms with E-state index < -0.39 is 37.4 Å². The van der Waals surface area contributed by atoms with Crippen LogP contribution in [0.4, 0.5) is 5.82 Å². The number of ether oxygens (including phenoxy) is 3. The molecule has 0 unspecified atom stereocenters. The van der Waals surface area contributed by atoms with Crippen LogP contribution in [-0.4, -0.2) is 68.7 Å². The number of hydrogen-bond acceptors (Lipinski definition) is 10. The van der Waals surface area contributed by atoms with Gasteiger partial charge in [0.2, 0.25) is 7.44 Å². The van der Waals surface area contributed by atoms with Crippen LogP contribution in [0, 0.1) is 5.92 Å². The van der Waals surface area contributed by atoms with E-state index in [1.54, 1.807) is 38.6 Å². The van der Waals surface area contributed by atoms with Crippen LogP contribution in [0.25, 0.3) is 11.2 Å². The summed E-state index contributed by atoms with van der Waals surface area (Å²) in [5.41, 5.74) is 6.92. The van der Waals surface area contributed by atoms with E-state index in [-0.39, 0.29) is 30.9 Å². The molecule has 0 bridgehead atoms. The molecule has 0 radical (unpaired) electrons. The number of nitrogens with one attached hydrogen (secondary N) is 2. The van der Waals surface area contributed by atoms with Crippen molar-refractivity contribution in [1.82, 2.24) is 29.7 Å². The highest BCUT2D eigenvalue weighted by Gasteiger charge is 2.32. The van der Waals surface area contributed by atoms with Crippen molar-refractivity contribution in [3.63, 3.8) is 0 Å². The monoisotopic (exact) mass is 553 g/mol. The molecule has 2 aromatic heterocycles. The molecule has 0 spiro atoms. The average molecular weight is 554 g/mol. The number of carbonyl (C=O) groups is 2. The maximum atomic E-state index is 13.9. The van der Waals surface area contributed by atoms with Crippen LogP contribution < -0.4 is 15.9 Å². The van der Waals surface area contributed by atoms with Crippen molar-refractivity contribution in [3.05, 3.63) is 12.7 Å². The van der Waals surface area contributed by atoms with Crippen LogP contribution in [0.2, 0.25) is 0 Å². The summed E-state index contributed by atoms with van der Waals surface area (Å²) in [6.45, 7) is 9.07. The molecule has 1 fully saturated rings. The van der Waals surface area contributed by atoms with Crippen molar-refractivity contribution in [2.24, 2.45) is 5.92 Å². The zero-order valence-electron chi connectivity index (χ0n) is 22.8. The van der Waals surface area contributed by atoms with Gasteiger partial charge in [0.25, 0.3) is 0 Å². The van der Waals surface area contributed by atoms with Gasteiger partial charge in [-0.25, -0.2) is 20.0 Å². The van der Waals surface area contributed by atoms with Gasteiger partial charge in [-0.15, -0.1) is 0 Å². The fourth-order valence-electron chi connectivity index (χ4n) is 4.08. The Kier molecular flexibility index (Phi) is 10.6. The van der Waals surface area contributed by atoms with Gasteiger partial charge < -0.3 is 24.5 Å². The third-order valence-corrected chi connectivity index (χ3v) is 8.18. The van der Waals surface area contributed by atoms with Crippen LogP contribution in [0.1, 0.15) is 60.3 Å². The Morgan fingerprint density at radius 2 is 1.84 bits per heavy atom. The van der Waals surface area contributed by atoms with Gasteiger partial charge in [-0.1, -0.05) is 6.92 Å². The predicted octanol–water partition coefficient (Wildman–Crippen LogP) is 2.61. The first-order valence-electron chi connectivity index (χ1n) is 13.0. The lowest BCUT2D eigenvalue weighted by molar-refractivity contribution is -0.152. The quantitative estimate of drug-likeness (QED) is 0.231. The SMILES string of the molecule is CC(C)OC(=O)[C@@H](C)CN[P@](=O)(CO[C@H](C)Cn1cnc2c(N)ncnc21)N[C@@H](C)C(=O)OC1CCCC1. The van der Waals surface area contributed by atoms with E-state index in [9.17, 15) is 14.2 Å². The summed E-state index contributed by atoms with van der Waals surface area (Å²) < 4.78 is 32.5. The summed E-state index contributed by atoms with van der Waals surface area (Å²) in [5, 5.41) is 5.83. The number of carbonyl (C=O) groups excluding carboxylic acids is 2. The predicted molar refractivity (Wildman–Crippen MR) is 142 cm³/mol. The molecule has 212 valence electrons. The molecule has 0 amide bonds. The van der Waals surface area contributed by atoms with Crippen molar-refractivity contribution in [1.29, 1.82) is 0 Å². The molecule has 2 aromatic rings. The second kappa shape index (κ2) is 13.5. The van der Waals surface area contributed by atoms with Gasteiger partial charge in [-0.3, -0.25) is 19.2 Å². The van der Waals surface area contributed by atoms with Crippen LogP contribution in [0.15, 0.2) is 12.7 Å². The van der Waals surface area contributed by atoms with Crippen molar-refractivity contribution >= 4 is 36.4 Å². The highest BCUT2D eigenvalue weighted by molar-refractivity contribution is 7.59. The molecule has 1 aliphatic carbocycles. The number of nitrogens with zero attached hydrogens (tertiary/aromatic N) is 4. The normalized spacial score (nSPS) is 18.3. The standard InChI is InChI=1S/C24H40N7O6P/c1-15(2)36-23(32)16(3)10-29-38(34,30-18(5)24(33)37-19-8-6-7-9-19)14-35-17(4)11-31-13-28-20-21(25)26-12-27-22(20)31/h12-13,15-19H,6-11,14H2,1-5H3,(H2,25,26,27)(H2,29,30,34)/t16-,17+,18-,38+/m0/s1. The number of imidazole rings is 1. The van der Waals surface area contributed by atoms with Crippen molar-refractivity contribution in [3.8, 4) is 0 Å². The van der Waals surface area contributed by atoms with E-state index in [4.69, 9.17) is 19.9 Å². The molecule has 1 aliphatic rings. The van der Waals surface area contributed by atoms with Gasteiger partial charge in [0, 0.05) is 6.54 Å². The lowest BCUT2D eigenvalue weighted by atomic mass is 10.2. The van der Waals surface area contributed by atoms with Crippen molar-refractivity contribution in [2.75, 3.05) is 18.6 Å². The molecule has 3 rings (SSSR count). The van der Waals surface area contributed by atoms with Gasteiger partial charge in [-0.05, 0) is 53.4 Å². The lowest BCUT2D eigenvalue weighted by Crippen LogP contribution is -2.41. The van der Waals surface area contributed by atoms with Gasteiger partial charge >= 0.3 is 11.9 Å². The lowest BCUT2D eigenvalue weighted by Gasteiger charge is -2.27. The molecule has 2 heterocycles. The summed E-state index contributed by atoms with van der Waals surface area (Å²) in [7, 11) is -3.50. The Labute approximate surface area is 223 Å². The zero-order chi connectivity index (χ0) is 27.9. The third kappa shape index (κ3) is 8.45. The fourth-order valence-corrected chi connectivity index (χ4v) is 6.10. The zero-order valence-corrected chi connectivity index (χ0v) is 23.6. The minimum absolute atomic E-state index is 0.0698. The number of nitrogens with two attached hydrogens (primary N) is 1. The summed E-state index contributed by atoms with van der Waals surface area (Å²) in [6.07, 6.45) is 5.69. The minimum atomic E-state index is -3.50. The Bertz CT molecular complexity index is 1140. The molecule has 4 N–H and O–H groups in total. The molecule has 13 nitrogen and oxygen atoms in total. The van der Waals surface area contributed by atoms with Gasteiger partial charge in [-0.2, -0.15) is 0 Å². The Morgan fingerprint density at radius 1 is 1.13 bits per heavy atom. The Morgan fingerprint density at radius 3 is 2.53 bits per heavy atom. The number of hydrogen-bond donors (Lipinski definition) is 3. The van der Waals surface area contributed by atoms with Crippen molar-refractivity contribution < 1.29 is 28.4 Å². The van der Waals surface area contributed by atoms with Crippen molar-refractivity contribution in [2.45, 2.75) is 91.2 Å². The molecule has 1 saturated carbocycles. The number of anilines is 1. The summed E-state index contributed by atoms with van der Waals surface area (Å²) in [6, 6.07) is -0.844. The number of fused-ring (bicyclic) bond motifs is 1. The van der Waals surface area contributed by atoms with E-state index in [1.807, 2.05) is 6.92 Å². The second-order valence-corrected chi connectivity index (χ2v) is 12.4. The summed E-state index contributed by atoms with van der Waals surface area (Å²) >= 11 is 0. The highest BCUT2D eigenvalue weighted by atomic mass is 31.2. The van der Waals surface area contributed by atoms with Gasteiger partial charge in [0.1, 0.15) is 30.3 Å². The van der Waals surface area contributed by atoms with E-state index in [1.165, 1.54) is 6.33 Å². The molecule has 38 heavy (non-hydrogen) atoms. The largest absolute Gasteiger partial charge is 0.463 e. The Balaban J connectivity index is 1.64. The molecular formula is C24H40N7O6P. The van der Waals surface area contributed by atoms with Crippen LogP contribution >= 0.6 is 7.44 Å². The van der Waals surface area contributed by atoms with Gasteiger partial charge in [0.05, 0.1) is 31.0 Å². The van der Waals surface area contributed by atoms with Crippen LogP contribution in [0.5, 0.6) is 0 Å². The highest BCUT2D eigenvalue weighted by Crippen LogP contribution is 2.38. The average Bonchev–Trinajstić information content (AvgIpc) is 3.52. The second-order valence-electron chi connectivity index (χ2n) is 10.1. The summed E-state index contributed by atoms with van der Waals surface area (Å²) in [4.78, 5) is 37.3. The first kappa shape index (κ1) is 29.9. The Hall–Kier alpha value is -2.60. The maximum Gasteiger partial charge on any atom is 0.323 e. The first-order chi connectivity index (χ1) is 18.0. The molecule has 14 heteroatoms. The molecule has 4 atom stereocenters. The molecule has 0 aliphatic heterocycles. The van der Waals surface area contributed by atoms with E-state index in [0.717, 1.165) is 25.7 Å². The maximum absolute atomic E-state index is 13.9. The number of nitrogen functional groups attached to an aromatic ring is 1. The first-order valence-corrected chi connectivity index (χ1v) is 14.9. The topological polar surface area (TPSA) is 173 Å². The molecule has 0 aromatic carbocycles. The van der Waals surface area contributed by atoms with E-state index >= 15 is 0 Å². The summed E-state index contributed by atoms with van der Waals surface area (Å²) in [5.74, 6) is -1.16. The smallest absolute Gasteiger partial charge is 0.323 e. The van der Waals surface area contributed by atoms with Crippen LogP contribution in [-0.2, 0) is 34.9 Å². The fraction of sp³-hybridized carbons (Fsp3) is 0.708. The van der Waals surface area contributed by atoms with E-state index in [0.29, 0.717) is 17.7 Å². The molecule has 0 saturated heterocycles. The van der Waals surface area contributed by atoms with E-state index in [2.05, 4.69) is 25.1 Å². The molecular weight excluding hydrogens is 513 g/mol. The number of rotatable bonds is 14. The minimum Gasteiger partial charge on any atom is -0.463 e.